The fourth-order valence-electron chi connectivity index (χ4n) is 3.16. The fourth-order valence-corrected chi connectivity index (χ4v) is 3.53. The molecule has 1 aliphatic carbocycles. The first kappa shape index (κ1) is 14.1. The summed E-state index contributed by atoms with van der Waals surface area (Å²) in [5, 5.41) is 0.969. The van der Waals surface area contributed by atoms with Gasteiger partial charge in [0.1, 0.15) is 0 Å². The highest BCUT2D eigenvalue weighted by Crippen LogP contribution is 2.37. The molecule has 18 heavy (non-hydrogen) atoms. The molecule has 0 bridgehead atoms. The van der Waals surface area contributed by atoms with E-state index < -0.39 is 0 Å². The summed E-state index contributed by atoms with van der Waals surface area (Å²) in [6.07, 6.45) is 9.95. The van der Waals surface area contributed by atoms with Crippen LogP contribution in [0.4, 0.5) is 0 Å². The van der Waals surface area contributed by atoms with Crippen LogP contribution in [0.5, 0.6) is 0 Å². The smallest absolute Gasteiger partial charge is 0.0283 e. The Morgan fingerprint density at radius 2 is 1.72 bits per heavy atom. The highest BCUT2D eigenvalue weighted by atomic mass is 79.9. The Morgan fingerprint density at radius 1 is 1.06 bits per heavy atom. The molecule has 0 unspecified atom stereocenters. The van der Waals surface area contributed by atoms with Crippen LogP contribution >= 0.6 is 15.9 Å². The summed E-state index contributed by atoms with van der Waals surface area (Å²) in [7, 11) is 0. The van der Waals surface area contributed by atoms with Crippen molar-refractivity contribution in [2.75, 3.05) is 0 Å². The van der Waals surface area contributed by atoms with Crippen LogP contribution in [-0.4, -0.2) is 0 Å². The minimum Gasteiger partial charge on any atom is -0.0876 e. The fraction of sp³-hybridized carbons (Fsp3) is 0.647. The van der Waals surface area contributed by atoms with Gasteiger partial charge in [-0.15, -0.1) is 0 Å². The lowest BCUT2D eigenvalue weighted by Gasteiger charge is -2.28. The van der Waals surface area contributed by atoms with Crippen molar-refractivity contribution >= 4 is 15.9 Å². The van der Waals surface area contributed by atoms with Crippen LogP contribution < -0.4 is 0 Å². The average molecular weight is 309 g/mol. The largest absolute Gasteiger partial charge is 0.0876 e. The van der Waals surface area contributed by atoms with Gasteiger partial charge in [0.05, 0.1) is 0 Å². The van der Waals surface area contributed by atoms with Gasteiger partial charge < -0.3 is 0 Å². The van der Waals surface area contributed by atoms with E-state index in [-0.39, 0.29) is 0 Å². The number of benzene rings is 1. The highest BCUT2D eigenvalue weighted by Gasteiger charge is 2.21. The molecule has 0 spiro atoms. The van der Waals surface area contributed by atoms with E-state index in [9.17, 15) is 0 Å². The van der Waals surface area contributed by atoms with Gasteiger partial charge in [0.2, 0.25) is 0 Å². The van der Waals surface area contributed by atoms with E-state index in [1.165, 1.54) is 50.5 Å². The summed E-state index contributed by atoms with van der Waals surface area (Å²) in [6, 6.07) is 9.22. The molecular weight excluding hydrogens is 284 g/mol. The van der Waals surface area contributed by atoms with Gasteiger partial charge in [-0.1, -0.05) is 66.4 Å². The Bertz CT molecular complexity index is 333. The Hall–Kier alpha value is -0.300. The van der Waals surface area contributed by atoms with Crippen molar-refractivity contribution in [2.45, 2.75) is 63.1 Å². The van der Waals surface area contributed by atoms with Crippen LogP contribution in [0.25, 0.3) is 0 Å². The standard InChI is InChI=1S/C17H25Br/c1-2-3-4-14-5-9-16(10-6-14)17-11-7-15(13-18)8-12-17/h7-8,11-12,14,16H,2-6,9-10,13H2,1H3. The van der Waals surface area contributed by atoms with Crippen LogP contribution in [-0.2, 0) is 5.33 Å². The molecule has 1 fully saturated rings. The van der Waals surface area contributed by atoms with Gasteiger partial charge in [-0.2, -0.15) is 0 Å². The van der Waals surface area contributed by atoms with Crippen LogP contribution in [0, 0.1) is 5.92 Å². The number of hydrogen-bond acceptors (Lipinski definition) is 0. The Kier molecular flexibility index (Phi) is 5.75. The third-order valence-electron chi connectivity index (χ3n) is 4.42. The monoisotopic (exact) mass is 308 g/mol. The van der Waals surface area contributed by atoms with E-state index >= 15 is 0 Å². The number of unbranched alkanes of at least 4 members (excludes halogenated alkanes) is 1. The maximum atomic E-state index is 3.51. The van der Waals surface area contributed by atoms with E-state index in [1.54, 1.807) is 5.56 Å². The van der Waals surface area contributed by atoms with Crippen LogP contribution in [0.3, 0.4) is 0 Å². The molecular formula is C17H25Br. The lowest BCUT2D eigenvalue weighted by molar-refractivity contribution is 0.304. The van der Waals surface area contributed by atoms with Crippen molar-refractivity contribution in [2.24, 2.45) is 5.92 Å². The molecule has 0 radical (unpaired) electrons. The molecule has 0 amide bonds. The molecule has 1 aliphatic rings. The number of alkyl halides is 1. The third-order valence-corrected chi connectivity index (χ3v) is 5.07. The molecule has 0 aliphatic heterocycles. The molecule has 0 N–H and O–H groups in total. The molecule has 0 atom stereocenters. The first-order valence-electron chi connectivity index (χ1n) is 7.48. The second-order valence-corrected chi connectivity index (χ2v) is 6.30. The van der Waals surface area contributed by atoms with Gasteiger partial charge in [0.15, 0.2) is 0 Å². The zero-order chi connectivity index (χ0) is 12.8. The number of halogens is 1. The second kappa shape index (κ2) is 7.33. The molecule has 1 saturated carbocycles. The second-order valence-electron chi connectivity index (χ2n) is 5.74. The molecule has 1 heteroatoms. The molecule has 0 aromatic heterocycles. The maximum Gasteiger partial charge on any atom is 0.0283 e. The SMILES string of the molecule is CCCCC1CCC(c2ccc(CBr)cc2)CC1. The quantitative estimate of drug-likeness (QED) is 0.581. The summed E-state index contributed by atoms with van der Waals surface area (Å²) >= 11 is 3.51. The van der Waals surface area contributed by atoms with E-state index in [1.807, 2.05) is 0 Å². The molecule has 0 saturated heterocycles. The van der Waals surface area contributed by atoms with E-state index in [4.69, 9.17) is 0 Å². The Labute approximate surface area is 120 Å². The summed E-state index contributed by atoms with van der Waals surface area (Å²) in [5.74, 6) is 1.84. The predicted molar refractivity (Wildman–Crippen MR) is 83.3 cm³/mol. The van der Waals surface area contributed by atoms with Crippen molar-refractivity contribution in [3.05, 3.63) is 35.4 Å². The molecule has 1 aromatic rings. The molecule has 0 nitrogen and oxygen atoms in total. The summed E-state index contributed by atoms with van der Waals surface area (Å²) in [4.78, 5) is 0. The Balaban J connectivity index is 1.84. The topological polar surface area (TPSA) is 0 Å². The summed E-state index contributed by atoms with van der Waals surface area (Å²) in [5.41, 5.74) is 2.95. The van der Waals surface area contributed by atoms with E-state index in [0.29, 0.717) is 0 Å². The highest BCUT2D eigenvalue weighted by molar-refractivity contribution is 9.08. The van der Waals surface area contributed by atoms with Gasteiger partial charge in [0, 0.05) is 5.33 Å². The third kappa shape index (κ3) is 3.85. The van der Waals surface area contributed by atoms with E-state index in [0.717, 1.165) is 17.2 Å². The predicted octanol–water partition coefficient (Wildman–Crippen LogP) is 6.05. The molecule has 100 valence electrons. The zero-order valence-electron chi connectivity index (χ0n) is 11.5. The van der Waals surface area contributed by atoms with Crippen molar-refractivity contribution in [1.29, 1.82) is 0 Å². The number of hydrogen-bond donors (Lipinski definition) is 0. The van der Waals surface area contributed by atoms with E-state index in [2.05, 4.69) is 47.1 Å². The molecule has 2 rings (SSSR count). The lowest BCUT2D eigenvalue weighted by atomic mass is 9.77. The van der Waals surface area contributed by atoms with Crippen molar-refractivity contribution in [3.63, 3.8) is 0 Å². The zero-order valence-corrected chi connectivity index (χ0v) is 13.1. The number of rotatable bonds is 5. The molecule has 0 heterocycles. The minimum absolute atomic E-state index is 0.826. The molecule has 1 aromatic carbocycles. The van der Waals surface area contributed by atoms with Crippen LogP contribution in [0.2, 0.25) is 0 Å². The van der Waals surface area contributed by atoms with Gasteiger partial charge in [-0.05, 0) is 48.6 Å². The van der Waals surface area contributed by atoms with Crippen molar-refractivity contribution in [1.82, 2.24) is 0 Å². The first-order valence-corrected chi connectivity index (χ1v) is 8.60. The lowest BCUT2D eigenvalue weighted by Crippen LogP contribution is -2.13. The van der Waals surface area contributed by atoms with Crippen molar-refractivity contribution < 1.29 is 0 Å². The Morgan fingerprint density at radius 3 is 2.28 bits per heavy atom. The first-order chi connectivity index (χ1) is 8.83. The normalized spacial score (nSPS) is 24.1. The van der Waals surface area contributed by atoms with Gasteiger partial charge in [-0.25, -0.2) is 0 Å². The minimum atomic E-state index is 0.826. The summed E-state index contributed by atoms with van der Waals surface area (Å²) < 4.78 is 0. The van der Waals surface area contributed by atoms with Gasteiger partial charge in [0.25, 0.3) is 0 Å². The van der Waals surface area contributed by atoms with Crippen LogP contribution in [0.15, 0.2) is 24.3 Å². The van der Waals surface area contributed by atoms with Gasteiger partial charge >= 0.3 is 0 Å². The van der Waals surface area contributed by atoms with Crippen LogP contribution in [0.1, 0.15) is 68.9 Å². The van der Waals surface area contributed by atoms with Gasteiger partial charge in [-0.3, -0.25) is 0 Å². The average Bonchev–Trinajstić information content (AvgIpc) is 2.46. The summed E-state index contributed by atoms with van der Waals surface area (Å²) in [6.45, 7) is 2.30. The maximum absolute atomic E-state index is 3.51. The van der Waals surface area contributed by atoms with Crippen molar-refractivity contribution in [3.8, 4) is 0 Å².